The number of allylic oxidation sites excluding steroid dienone is 1. The van der Waals surface area contributed by atoms with Crippen molar-refractivity contribution in [3.8, 4) is 0 Å². The van der Waals surface area contributed by atoms with Crippen molar-refractivity contribution in [1.29, 1.82) is 0 Å². The Morgan fingerprint density at radius 1 is 1.31 bits per heavy atom. The lowest BCUT2D eigenvalue weighted by molar-refractivity contribution is -0.136. The lowest BCUT2D eigenvalue weighted by Gasteiger charge is -2.30. The van der Waals surface area contributed by atoms with Gasteiger partial charge < -0.3 is 4.74 Å². The Bertz CT molecular complexity index is 870. The number of ether oxygens (including phenoxy) is 1. The maximum atomic E-state index is 13.1. The van der Waals surface area contributed by atoms with E-state index >= 15 is 0 Å². The summed E-state index contributed by atoms with van der Waals surface area (Å²) in [6.07, 6.45) is 2.93. The molecule has 0 amide bonds. The molecule has 0 spiro atoms. The van der Waals surface area contributed by atoms with E-state index in [0.29, 0.717) is 36.4 Å². The number of rotatable bonds is 3. The third kappa shape index (κ3) is 3.23. The zero-order valence-electron chi connectivity index (χ0n) is 15.5. The van der Waals surface area contributed by atoms with Crippen LogP contribution in [0.5, 0.6) is 0 Å². The Balaban J connectivity index is 1.92. The zero-order valence-corrected chi connectivity index (χ0v) is 16.3. The van der Waals surface area contributed by atoms with Gasteiger partial charge in [0, 0.05) is 24.6 Å². The first-order valence-corrected chi connectivity index (χ1v) is 10.1. The van der Waals surface area contributed by atoms with Gasteiger partial charge in [0.15, 0.2) is 0 Å². The van der Waals surface area contributed by atoms with Crippen molar-refractivity contribution >= 4 is 16.0 Å². The second-order valence-corrected chi connectivity index (χ2v) is 9.52. The highest BCUT2D eigenvalue weighted by Gasteiger charge is 2.49. The van der Waals surface area contributed by atoms with E-state index in [-0.39, 0.29) is 17.3 Å². The second kappa shape index (κ2) is 6.67. The summed E-state index contributed by atoms with van der Waals surface area (Å²) in [5.41, 5.74) is 2.22. The minimum absolute atomic E-state index is 0.0149. The van der Waals surface area contributed by atoms with Crippen LogP contribution in [0.4, 0.5) is 0 Å². The molecule has 6 heteroatoms. The molecule has 5 nitrogen and oxygen atoms in total. The number of benzene rings is 1. The van der Waals surface area contributed by atoms with Crippen molar-refractivity contribution in [3.63, 3.8) is 0 Å². The number of fused-ring (bicyclic) bond motifs is 1. The topological polar surface area (TPSA) is 63.7 Å². The van der Waals surface area contributed by atoms with Gasteiger partial charge in [-0.05, 0) is 37.3 Å². The minimum atomic E-state index is -3.57. The summed E-state index contributed by atoms with van der Waals surface area (Å²) in [5.74, 6) is -0.333. The Morgan fingerprint density at radius 2 is 1.96 bits per heavy atom. The molecule has 1 fully saturated rings. The molecule has 2 atom stereocenters. The molecule has 2 unspecified atom stereocenters. The molecular formula is C20H25NO4S. The molecule has 1 aliphatic heterocycles. The number of carbonyl (C=O) groups excluding carboxylic acids is 1. The number of hydrogen-bond donors (Lipinski definition) is 0. The molecule has 0 aromatic heterocycles. The molecule has 0 radical (unpaired) electrons. The Morgan fingerprint density at radius 3 is 2.58 bits per heavy atom. The first kappa shape index (κ1) is 18.9. The molecule has 1 saturated heterocycles. The van der Waals surface area contributed by atoms with E-state index in [0.717, 1.165) is 11.1 Å². The smallest absolute Gasteiger partial charge is 0.333 e. The molecule has 140 valence electrons. The standard InChI is InChI=1S/C20H25NO4S/c1-14-5-9-17(10-6-14)26(23,24)21-12-18-15(2)7-8-16(19(22)25-4)11-20(18,3)13-21/h5-6,8-10,18H,2,7,11-13H2,1,3-4H3. The quantitative estimate of drug-likeness (QED) is 0.602. The number of nitrogens with zero attached hydrogens (tertiary/aromatic N) is 1. The first-order chi connectivity index (χ1) is 12.2. The summed E-state index contributed by atoms with van der Waals surface area (Å²) >= 11 is 0. The van der Waals surface area contributed by atoms with Crippen LogP contribution in [0, 0.1) is 18.3 Å². The van der Waals surface area contributed by atoms with Gasteiger partial charge in [-0.25, -0.2) is 13.2 Å². The van der Waals surface area contributed by atoms with Crippen LogP contribution in [0.3, 0.4) is 0 Å². The van der Waals surface area contributed by atoms with E-state index in [1.54, 1.807) is 24.3 Å². The summed E-state index contributed by atoms with van der Waals surface area (Å²) in [6, 6.07) is 6.91. The van der Waals surface area contributed by atoms with Gasteiger partial charge in [0.25, 0.3) is 0 Å². The van der Waals surface area contributed by atoms with Gasteiger partial charge in [-0.3, -0.25) is 0 Å². The van der Waals surface area contributed by atoms with E-state index in [1.165, 1.54) is 11.4 Å². The van der Waals surface area contributed by atoms with Crippen molar-refractivity contribution in [2.45, 2.75) is 31.6 Å². The third-order valence-electron chi connectivity index (χ3n) is 5.57. The highest BCUT2D eigenvalue weighted by molar-refractivity contribution is 7.89. The average Bonchev–Trinajstić information content (AvgIpc) is 2.90. The van der Waals surface area contributed by atoms with Gasteiger partial charge in [-0.1, -0.05) is 42.8 Å². The van der Waals surface area contributed by atoms with Crippen LogP contribution in [0.25, 0.3) is 0 Å². The van der Waals surface area contributed by atoms with Crippen molar-refractivity contribution in [1.82, 2.24) is 4.31 Å². The Kier molecular flexibility index (Phi) is 4.84. The van der Waals surface area contributed by atoms with Gasteiger partial charge in [0.2, 0.25) is 10.0 Å². The number of hydrogen-bond acceptors (Lipinski definition) is 4. The fraction of sp³-hybridized carbons (Fsp3) is 0.450. The highest BCUT2D eigenvalue weighted by atomic mass is 32.2. The lowest BCUT2D eigenvalue weighted by Crippen LogP contribution is -2.32. The third-order valence-corrected chi connectivity index (χ3v) is 7.40. The van der Waals surface area contributed by atoms with Gasteiger partial charge in [0.1, 0.15) is 0 Å². The largest absolute Gasteiger partial charge is 0.466 e. The maximum absolute atomic E-state index is 13.1. The number of aryl methyl sites for hydroxylation is 1. The van der Waals surface area contributed by atoms with Crippen LogP contribution < -0.4 is 0 Å². The van der Waals surface area contributed by atoms with Crippen molar-refractivity contribution in [2.24, 2.45) is 11.3 Å². The molecule has 1 aromatic rings. The van der Waals surface area contributed by atoms with Gasteiger partial charge in [0.05, 0.1) is 12.0 Å². The molecule has 2 aliphatic rings. The average molecular weight is 375 g/mol. The fourth-order valence-corrected chi connectivity index (χ4v) is 5.62. The predicted octanol–water partition coefficient (Wildman–Crippen LogP) is 3.07. The zero-order chi connectivity index (χ0) is 19.1. The molecular weight excluding hydrogens is 350 g/mol. The predicted molar refractivity (Wildman–Crippen MR) is 100 cm³/mol. The van der Waals surface area contributed by atoms with Gasteiger partial charge in [-0.2, -0.15) is 4.31 Å². The van der Waals surface area contributed by atoms with Crippen LogP contribution in [0.1, 0.15) is 25.3 Å². The van der Waals surface area contributed by atoms with Crippen LogP contribution in [-0.2, 0) is 19.6 Å². The summed E-state index contributed by atoms with van der Waals surface area (Å²) in [4.78, 5) is 12.3. The number of methoxy groups -OCH3 is 1. The van der Waals surface area contributed by atoms with Gasteiger partial charge in [-0.15, -0.1) is 0 Å². The van der Waals surface area contributed by atoms with E-state index in [4.69, 9.17) is 4.74 Å². The van der Waals surface area contributed by atoms with E-state index in [2.05, 4.69) is 6.58 Å². The van der Waals surface area contributed by atoms with Crippen LogP contribution in [0.15, 0.2) is 53.0 Å². The summed E-state index contributed by atoms with van der Waals surface area (Å²) < 4.78 is 32.6. The van der Waals surface area contributed by atoms with Crippen LogP contribution in [0.2, 0.25) is 0 Å². The monoisotopic (exact) mass is 375 g/mol. The van der Waals surface area contributed by atoms with Crippen LogP contribution in [-0.4, -0.2) is 38.9 Å². The van der Waals surface area contributed by atoms with Crippen molar-refractivity contribution in [3.05, 3.63) is 53.6 Å². The van der Waals surface area contributed by atoms with Crippen LogP contribution >= 0.6 is 0 Å². The highest BCUT2D eigenvalue weighted by Crippen LogP contribution is 2.48. The molecule has 1 heterocycles. The number of carbonyl (C=O) groups is 1. The van der Waals surface area contributed by atoms with Gasteiger partial charge >= 0.3 is 5.97 Å². The summed E-state index contributed by atoms with van der Waals surface area (Å²) in [7, 11) is -2.21. The Hall–Kier alpha value is -1.92. The molecule has 1 aliphatic carbocycles. The fourth-order valence-electron chi connectivity index (χ4n) is 4.04. The van der Waals surface area contributed by atoms with E-state index < -0.39 is 10.0 Å². The minimum Gasteiger partial charge on any atom is -0.466 e. The first-order valence-electron chi connectivity index (χ1n) is 8.69. The number of sulfonamides is 1. The van der Waals surface area contributed by atoms with E-state index in [9.17, 15) is 13.2 Å². The van der Waals surface area contributed by atoms with Crippen molar-refractivity contribution < 1.29 is 17.9 Å². The lowest BCUT2D eigenvalue weighted by atomic mass is 9.73. The molecule has 0 saturated carbocycles. The maximum Gasteiger partial charge on any atom is 0.333 e. The number of esters is 1. The molecule has 0 bridgehead atoms. The summed E-state index contributed by atoms with van der Waals surface area (Å²) in [5, 5.41) is 0. The second-order valence-electron chi connectivity index (χ2n) is 7.58. The molecule has 1 aromatic carbocycles. The molecule has 26 heavy (non-hydrogen) atoms. The normalized spacial score (nSPS) is 26.8. The summed E-state index contributed by atoms with van der Waals surface area (Å²) in [6.45, 7) is 8.89. The van der Waals surface area contributed by atoms with Crippen molar-refractivity contribution in [2.75, 3.05) is 20.2 Å². The van der Waals surface area contributed by atoms with E-state index in [1.807, 2.05) is 19.9 Å². The molecule has 3 rings (SSSR count). The Labute approximate surface area is 155 Å². The SMILES string of the molecule is C=C1CC=C(C(=O)OC)CC2(C)CN(S(=O)(=O)c3ccc(C)cc3)CC12. The molecule has 0 N–H and O–H groups in total.